The fourth-order valence-corrected chi connectivity index (χ4v) is 6.50. The zero-order valence-electron chi connectivity index (χ0n) is 10.8. The third-order valence-electron chi connectivity index (χ3n) is 3.63. The Morgan fingerprint density at radius 3 is 1.67 bits per heavy atom. The van der Waals surface area contributed by atoms with E-state index < -0.39 is 8.07 Å². The van der Waals surface area contributed by atoms with E-state index in [9.17, 15) is 0 Å². The Morgan fingerprint density at radius 2 is 1.28 bits per heavy atom. The van der Waals surface area contributed by atoms with Crippen molar-refractivity contribution in [1.29, 1.82) is 0 Å². The van der Waals surface area contributed by atoms with Gasteiger partial charge in [-0.2, -0.15) is 0 Å². The summed E-state index contributed by atoms with van der Waals surface area (Å²) >= 11 is 5.90. The van der Waals surface area contributed by atoms with Crippen LogP contribution in [-0.2, 0) is 0 Å². The van der Waals surface area contributed by atoms with Crippen molar-refractivity contribution in [3.8, 4) is 0 Å². The molecule has 2 rings (SSSR count). The lowest BCUT2D eigenvalue weighted by atomic mass is 10.4. The van der Waals surface area contributed by atoms with Gasteiger partial charge < -0.3 is 0 Å². The van der Waals surface area contributed by atoms with Crippen LogP contribution in [-0.4, -0.2) is 14.0 Å². The number of hydrogen-bond acceptors (Lipinski definition) is 0. The normalized spacial score (nSPS) is 11.4. The zero-order chi connectivity index (χ0) is 12.8. The number of benzene rings is 2. The van der Waals surface area contributed by atoms with E-state index in [1.54, 1.807) is 0 Å². The molecule has 2 aromatic rings. The molecule has 0 N–H and O–H groups in total. The van der Waals surface area contributed by atoms with Crippen molar-refractivity contribution < 1.29 is 0 Å². The fraction of sp³-hybridized carbons (Fsp3) is 0.250. The predicted molar refractivity (Wildman–Crippen MR) is 83.9 cm³/mol. The van der Waals surface area contributed by atoms with E-state index in [1.807, 2.05) is 0 Å². The van der Waals surface area contributed by atoms with Gasteiger partial charge in [0.1, 0.15) is 8.07 Å². The number of halogens is 1. The molecule has 0 saturated carbocycles. The minimum Gasteiger partial charge on any atom is -0.127 e. The van der Waals surface area contributed by atoms with E-state index >= 15 is 0 Å². The van der Waals surface area contributed by atoms with Gasteiger partial charge in [-0.05, 0) is 12.5 Å². The molecular weight excluding hydrogens is 256 g/mol. The van der Waals surface area contributed by atoms with E-state index in [0.717, 1.165) is 12.3 Å². The predicted octanol–water partition coefficient (Wildman–Crippen LogP) is 3.51. The minimum absolute atomic E-state index is 0.752. The van der Waals surface area contributed by atoms with Gasteiger partial charge in [0, 0.05) is 5.88 Å². The van der Waals surface area contributed by atoms with Gasteiger partial charge in [0.25, 0.3) is 0 Å². The van der Waals surface area contributed by atoms with Gasteiger partial charge in [-0.25, -0.2) is 0 Å². The highest BCUT2D eigenvalue weighted by atomic mass is 35.5. The van der Waals surface area contributed by atoms with Gasteiger partial charge in [-0.3, -0.25) is 0 Å². The smallest absolute Gasteiger partial charge is 0.115 e. The number of hydrogen-bond donors (Lipinski definition) is 0. The fourth-order valence-electron chi connectivity index (χ4n) is 2.49. The first-order chi connectivity index (χ1) is 8.77. The number of alkyl halides is 1. The standard InChI is InChI=1S/C16H19ClSi/c1-18(14-8-13-17,15-9-4-2-5-10-15)16-11-6-3-7-12-16/h2-7,9-12H,8,13-14H2,1H3. The maximum absolute atomic E-state index is 5.90. The quantitative estimate of drug-likeness (QED) is 0.578. The van der Waals surface area contributed by atoms with Crippen LogP contribution in [0, 0.1) is 0 Å². The molecule has 0 amide bonds. The van der Waals surface area contributed by atoms with Crippen molar-refractivity contribution in [2.24, 2.45) is 0 Å². The summed E-state index contributed by atoms with van der Waals surface area (Å²) in [6, 6.07) is 23.0. The summed E-state index contributed by atoms with van der Waals surface area (Å²) in [4.78, 5) is 0. The van der Waals surface area contributed by atoms with Gasteiger partial charge in [-0.15, -0.1) is 11.6 Å². The topological polar surface area (TPSA) is 0 Å². The lowest BCUT2D eigenvalue weighted by Gasteiger charge is -2.28. The average molecular weight is 275 g/mol. The Bertz CT molecular complexity index is 427. The van der Waals surface area contributed by atoms with Crippen molar-refractivity contribution in [1.82, 2.24) is 0 Å². The largest absolute Gasteiger partial charge is 0.127 e. The Hall–Kier alpha value is -1.05. The van der Waals surface area contributed by atoms with E-state index in [0.29, 0.717) is 0 Å². The second-order valence-electron chi connectivity index (χ2n) is 4.86. The van der Waals surface area contributed by atoms with Crippen molar-refractivity contribution in [3.63, 3.8) is 0 Å². The summed E-state index contributed by atoms with van der Waals surface area (Å²) in [6.07, 6.45) is 1.09. The molecule has 94 valence electrons. The monoisotopic (exact) mass is 274 g/mol. The molecule has 2 aromatic carbocycles. The molecule has 0 radical (unpaired) electrons. The summed E-state index contributed by atoms with van der Waals surface area (Å²) in [5, 5.41) is 3.00. The van der Waals surface area contributed by atoms with Crippen LogP contribution in [0.1, 0.15) is 6.42 Å². The molecule has 0 nitrogen and oxygen atoms in total. The van der Waals surface area contributed by atoms with Crippen LogP contribution < -0.4 is 10.4 Å². The first-order valence-electron chi connectivity index (χ1n) is 6.44. The van der Waals surface area contributed by atoms with Crippen LogP contribution in [0.3, 0.4) is 0 Å². The van der Waals surface area contributed by atoms with E-state index in [-0.39, 0.29) is 0 Å². The summed E-state index contributed by atoms with van der Waals surface area (Å²) in [6.45, 7) is 2.45. The van der Waals surface area contributed by atoms with Crippen molar-refractivity contribution in [2.45, 2.75) is 19.0 Å². The first-order valence-corrected chi connectivity index (χ1v) is 9.68. The maximum atomic E-state index is 5.90. The highest BCUT2D eigenvalue weighted by Gasteiger charge is 2.30. The van der Waals surface area contributed by atoms with Gasteiger partial charge in [0.15, 0.2) is 0 Å². The zero-order valence-corrected chi connectivity index (χ0v) is 12.5. The van der Waals surface area contributed by atoms with Crippen LogP contribution in [0.5, 0.6) is 0 Å². The molecular formula is C16H19ClSi. The van der Waals surface area contributed by atoms with Crippen molar-refractivity contribution in [2.75, 3.05) is 5.88 Å². The van der Waals surface area contributed by atoms with Crippen LogP contribution in [0.4, 0.5) is 0 Å². The third kappa shape index (κ3) is 2.85. The minimum atomic E-state index is -1.61. The third-order valence-corrected chi connectivity index (χ3v) is 8.47. The molecule has 0 aliphatic carbocycles. The maximum Gasteiger partial charge on any atom is 0.115 e. The first kappa shape index (κ1) is 13.4. The SMILES string of the molecule is C[Si](CCCCl)(c1ccccc1)c1ccccc1. The summed E-state index contributed by atoms with van der Waals surface area (Å²) in [5.41, 5.74) is 0. The van der Waals surface area contributed by atoms with Gasteiger partial charge >= 0.3 is 0 Å². The van der Waals surface area contributed by atoms with Crippen LogP contribution in [0.2, 0.25) is 12.6 Å². The average Bonchev–Trinajstić information content (AvgIpc) is 2.46. The number of rotatable bonds is 5. The summed E-state index contributed by atoms with van der Waals surface area (Å²) < 4.78 is 0. The Kier molecular flexibility index (Phi) is 4.62. The molecule has 0 atom stereocenters. The lowest BCUT2D eigenvalue weighted by Crippen LogP contribution is -2.55. The molecule has 0 aliphatic rings. The highest BCUT2D eigenvalue weighted by Crippen LogP contribution is 2.14. The molecule has 0 bridgehead atoms. The second kappa shape index (κ2) is 6.21. The van der Waals surface area contributed by atoms with E-state index in [2.05, 4.69) is 67.2 Å². The summed E-state index contributed by atoms with van der Waals surface area (Å²) in [5.74, 6) is 0.752. The Balaban J connectivity index is 2.41. The summed E-state index contributed by atoms with van der Waals surface area (Å²) in [7, 11) is -1.61. The van der Waals surface area contributed by atoms with Crippen LogP contribution >= 0.6 is 11.6 Å². The lowest BCUT2D eigenvalue weighted by molar-refractivity contribution is 1.07. The molecule has 0 unspecified atom stereocenters. The highest BCUT2D eigenvalue weighted by molar-refractivity contribution is 7.01. The van der Waals surface area contributed by atoms with Crippen molar-refractivity contribution >= 4 is 30.0 Å². The molecule has 18 heavy (non-hydrogen) atoms. The Labute approximate surface area is 116 Å². The Morgan fingerprint density at radius 1 is 0.833 bits per heavy atom. The molecule has 0 spiro atoms. The van der Waals surface area contributed by atoms with Gasteiger partial charge in [0.05, 0.1) is 0 Å². The molecule has 0 heterocycles. The molecule has 0 aromatic heterocycles. The van der Waals surface area contributed by atoms with E-state index in [4.69, 9.17) is 11.6 Å². The molecule has 0 saturated heterocycles. The van der Waals surface area contributed by atoms with Crippen LogP contribution in [0.25, 0.3) is 0 Å². The molecule has 0 fully saturated rings. The molecule has 2 heteroatoms. The van der Waals surface area contributed by atoms with Crippen LogP contribution in [0.15, 0.2) is 60.7 Å². The molecule has 0 aliphatic heterocycles. The van der Waals surface area contributed by atoms with E-state index in [1.165, 1.54) is 16.4 Å². The van der Waals surface area contributed by atoms with Gasteiger partial charge in [0.2, 0.25) is 0 Å². The second-order valence-corrected chi connectivity index (χ2v) is 9.55. The van der Waals surface area contributed by atoms with Crippen molar-refractivity contribution in [3.05, 3.63) is 60.7 Å². The van der Waals surface area contributed by atoms with Gasteiger partial charge in [-0.1, -0.05) is 77.6 Å².